The van der Waals surface area contributed by atoms with Crippen molar-refractivity contribution >= 4 is 17.6 Å². The van der Waals surface area contributed by atoms with Gasteiger partial charge in [-0.1, -0.05) is 33.1 Å². The Labute approximate surface area is 168 Å². The molecule has 0 bridgehead atoms. The standard InChI is InChI=1S/C22H33N3O3/c1-15(2)13-18-21(26)25(17-11-12-19(27-4)20(14-17)28-5)22(23-18)24(3)16-9-7-6-8-10-16/h11-12,14-16,18H,6-10,13H2,1-5H3. The van der Waals surface area contributed by atoms with Crippen molar-refractivity contribution in [3.05, 3.63) is 18.2 Å². The van der Waals surface area contributed by atoms with Gasteiger partial charge in [-0.3, -0.25) is 4.79 Å². The molecule has 2 aliphatic rings. The fourth-order valence-electron chi connectivity index (χ4n) is 4.19. The Balaban J connectivity index is 1.96. The highest BCUT2D eigenvalue weighted by atomic mass is 16.5. The fourth-order valence-corrected chi connectivity index (χ4v) is 4.19. The molecule has 1 unspecified atom stereocenters. The molecule has 6 heteroatoms. The summed E-state index contributed by atoms with van der Waals surface area (Å²) in [4.78, 5) is 22.2. The van der Waals surface area contributed by atoms with Gasteiger partial charge >= 0.3 is 0 Å². The Hall–Kier alpha value is -2.24. The highest BCUT2D eigenvalue weighted by molar-refractivity contribution is 6.22. The SMILES string of the molecule is COc1ccc(N2C(=O)C(CC(C)C)N=C2N(C)C2CCCCC2)cc1OC. The van der Waals surface area contributed by atoms with E-state index in [9.17, 15) is 4.79 Å². The molecule has 154 valence electrons. The summed E-state index contributed by atoms with van der Waals surface area (Å²) < 4.78 is 10.8. The van der Waals surface area contributed by atoms with Gasteiger partial charge in [-0.25, -0.2) is 9.89 Å². The lowest BCUT2D eigenvalue weighted by Gasteiger charge is -2.35. The lowest BCUT2D eigenvalue weighted by molar-refractivity contribution is -0.118. The zero-order valence-electron chi connectivity index (χ0n) is 17.8. The molecule has 1 amide bonds. The zero-order valence-corrected chi connectivity index (χ0v) is 17.8. The summed E-state index contributed by atoms with van der Waals surface area (Å²) in [5.74, 6) is 2.47. The van der Waals surface area contributed by atoms with Crippen LogP contribution in [0.4, 0.5) is 5.69 Å². The van der Waals surface area contributed by atoms with E-state index in [2.05, 4.69) is 25.8 Å². The second-order valence-electron chi connectivity index (χ2n) is 8.19. The molecule has 1 aromatic rings. The number of aliphatic imine (C=N–C) groups is 1. The van der Waals surface area contributed by atoms with Crippen molar-refractivity contribution < 1.29 is 14.3 Å². The number of amides is 1. The molecule has 1 saturated carbocycles. The molecule has 0 spiro atoms. The molecule has 0 aromatic heterocycles. The number of guanidine groups is 1. The van der Waals surface area contributed by atoms with E-state index < -0.39 is 0 Å². The van der Waals surface area contributed by atoms with E-state index in [1.165, 1.54) is 19.3 Å². The van der Waals surface area contributed by atoms with Crippen LogP contribution in [0.3, 0.4) is 0 Å². The third-order valence-corrected chi connectivity index (χ3v) is 5.73. The quantitative estimate of drug-likeness (QED) is 0.738. The summed E-state index contributed by atoms with van der Waals surface area (Å²) in [5, 5.41) is 0. The molecule has 1 heterocycles. The molecule has 6 nitrogen and oxygen atoms in total. The first-order chi connectivity index (χ1) is 13.5. The highest BCUT2D eigenvalue weighted by Gasteiger charge is 2.39. The molecule has 1 fully saturated rings. The maximum Gasteiger partial charge on any atom is 0.258 e. The van der Waals surface area contributed by atoms with E-state index in [0.717, 1.165) is 30.9 Å². The van der Waals surface area contributed by atoms with Crippen LogP contribution >= 0.6 is 0 Å². The molecule has 1 aromatic carbocycles. The number of anilines is 1. The predicted molar refractivity (Wildman–Crippen MR) is 112 cm³/mol. The van der Waals surface area contributed by atoms with Crippen LogP contribution in [0.5, 0.6) is 11.5 Å². The summed E-state index contributed by atoms with van der Waals surface area (Å²) in [6.45, 7) is 4.26. The van der Waals surface area contributed by atoms with Crippen LogP contribution in [0.2, 0.25) is 0 Å². The van der Waals surface area contributed by atoms with Crippen LogP contribution < -0.4 is 14.4 Å². The van der Waals surface area contributed by atoms with Gasteiger partial charge in [0.15, 0.2) is 11.5 Å². The minimum absolute atomic E-state index is 0.0404. The second-order valence-corrected chi connectivity index (χ2v) is 8.19. The van der Waals surface area contributed by atoms with E-state index >= 15 is 0 Å². The second kappa shape index (κ2) is 8.84. The van der Waals surface area contributed by atoms with Crippen LogP contribution in [-0.4, -0.2) is 50.1 Å². The smallest absolute Gasteiger partial charge is 0.258 e. The summed E-state index contributed by atoms with van der Waals surface area (Å²) in [6.07, 6.45) is 6.83. The number of benzene rings is 1. The van der Waals surface area contributed by atoms with Crippen LogP contribution in [0.1, 0.15) is 52.4 Å². The minimum atomic E-state index is -0.325. The number of methoxy groups -OCH3 is 2. The molecule has 0 N–H and O–H groups in total. The molecule has 3 rings (SSSR count). The number of rotatable bonds is 6. The van der Waals surface area contributed by atoms with Crippen molar-refractivity contribution in [3.8, 4) is 11.5 Å². The Morgan fingerprint density at radius 3 is 2.43 bits per heavy atom. The minimum Gasteiger partial charge on any atom is -0.493 e. The molecule has 1 aliphatic carbocycles. The lowest BCUT2D eigenvalue weighted by atomic mass is 9.95. The summed E-state index contributed by atoms with van der Waals surface area (Å²) in [5.41, 5.74) is 0.773. The fraction of sp³-hybridized carbons (Fsp3) is 0.636. The predicted octanol–water partition coefficient (Wildman–Crippen LogP) is 4.09. The van der Waals surface area contributed by atoms with Crippen LogP contribution in [0.15, 0.2) is 23.2 Å². The van der Waals surface area contributed by atoms with E-state index in [0.29, 0.717) is 23.5 Å². The first-order valence-electron chi connectivity index (χ1n) is 10.3. The summed E-state index contributed by atoms with van der Waals surface area (Å²) in [6, 6.07) is 5.71. The van der Waals surface area contributed by atoms with Gasteiger partial charge in [0.25, 0.3) is 5.91 Å². The van der Waals surface area contributed by atoms with E-state index in [-0.39, 0.29) is 11.9 Å². The topological polar surface area (TPSA) is 54.4 Å². The molecular formula is C22H33N3O3. The van der Waals surface area contributed by atoms with E-state index in [4.69, 9.17) is 14.5 Å². The first kappa shape index (κ1) is 20.5. The maximum atomic E-state index is 13.3. The van der Waals surface area contributed by atoms with Crippen molar-refractivity contribution in [2.24, 2.45) is 10.9 Å². The van der Waals surface area contributed by atoms with Gasteiger partial charge in [0.1, 0.15) is 6.04 Å². The number of hydrogen-bond donors (Lipinski definition) is 0. The van der Waals surface area contributed by atoms with Gasteiger partial charge in [0.2, 0.25) is 5.96 Å². The third-order valence-electron chi connectivity index (χ3n) is 5.73. The van der Waals surface area contributed by atoms with Crippen LogP contribution in [0, 0.1) is 5.92 Å². The average molecular weight is 388 g/mol. The summed E-state index contributed by atoms with van der Waals surface area (Å²) >= 11 is 0. The van der Waals surface area contributed by atoms with Gasteiger partial charge in [0.05, 0.1) is 19.9 Å². The zero-order chi connectivity index (χ0) is 20.3. The number of nitrogens with zero attached hydrogens (tertiary/aromatic N) is 3. The van der Waals surface area contributed by atoms with Crippen molar-refractivity contribution in [3.63, 3.8) is 0 Å². The highest BCUT2D eigenvalue weighted by Crippen LogP contribution is 2.35. The van der Waals surface area contributed by atoms with Crippen LogP contribution in [0.25, 0.3) is 0 Å². The molecule has 0 saturated heterocycles. The number of ether oxygens (including phenoxy) is 2. The number of carbonyl (C=O) groups is 1. The van der Waals surface area contributed by atoms with Crippen molar-refractivity contribution in [1.82, 2.24) is 4.90 Å². The third kappa shape index (κ3) is 4.10. The normalized spacial score (nSPS) is 20.5. The molecular weight excluding hydrogens is 354 g/mol. The monoisotopic (exact) mass is 387 g/mol. The average Bonchev–Trinajstić information content (AvgIpc) is 3.03. The largest absolute Gasteiger partial charge is 0.493 e. The van der Waals surface area contributed by atoms with Crippen LogP contribution in [-0.2, 0) is 4.79 Å². The van der Waals surface area contributed by atoms with Crippen molar-refractivity contribution in [1.29, 1.82) is 0 Å². The Bertz CT molecular complexity index is 726. The molecule has 0 radical (unpaired) electrons. The summed E-state index contributed by atoms with van der Waals surface area (Å²) in [7, 11) is 5.30. The van der Waals surface area contributed by atoms with Gasteiger partial charge in [-0.05, 0) is 37.3 Å². The van der Waals surface area contributed by atoms with Crippen molar-refractivity contribution in [2.75, 3.05) is 26.2 Å². The number of hydrogen-bond acceptors (Lipinski definition) is 5. The van der Waals surface area contributed by atoms with E-state index in [1.807, 2.05) is 18.2 Å². The maximum absolute atomic E-state index is 13.3. The van der Waals surface area contributed by atoms with Crippen molar-refractivity contribution in [2.45, 2.75) is 64.5 Å². The van der Waals surface area contributed by atoms with Gasteiger partial charge in [-0.2, -0.15) is 0 Å². The first-order valence-corrected chi connectivity index (χ1v) is 10.3. The molecule has 28 heavy (non-hydrogen) atoms. The lowest BCUT2D eigenvalue weighted by Crippen LogP contribution is -2.48. The van der Waals surface area contributed by atoms with E-state index in [1.54, 1.807) is 19.1 Å². The molecule has 1 aliphatic heterocycles. The van der Waals surface area contributed by atoms with Gasteiger partial charge in [0, 0.05) is 19.2 Å². The molecule has 1 atom stereocenters. The Kier molecular flexibility index (Phi) is 6.47. The Morgan fingerprint density at radius 2 is 1.82 bits per heavy atom. The number of carbonyl (C=O) groups excluding carboxylic acids is 1. The van der Waals surface area contributed by atoms with Gasteiger partial charge in [-0.15, -0.1) is 0 Å². The Morgan fingerprint density at radius 1 is 1.14 bits per heavy atom. The van der Waals surface area contributed by atoms with Gasteiger partial charge < -0.3 is 14.4 Å².